The molecule has 0 fully saturated rings. The van der Waals surface area contributed by atoms with Gasteiger partial charge >= 0.3 is 23.6 Å². The predicted molar refractivity (Wildman–Crippen MR) is 4.44 cm³/mol. The summed E-state index contributed by atoms with van der Waals surface area (Å²) in [7, 11) is 0. The van der Waals surface area contributed by atoms with Gasteiger partial charge in [-0.05, 0) is 0 Å². The molecule has 0 amide bonds. The van der Waals surface area contributed by atoms with E-state index in [-0.39, 0.29) is 48.9 Å². The van der Waals surface area contributed by atoms with Crippen LogP contribution in [-0.4, -0.2) is 8.50 Å². The van der Waals surface area contributed by atoms with Crippen molar-refractivity contribution in [3.05, 3.63) is 0 Å². The zero-order valence-corrected chi connectivity index (χ0v) is 5.03. The van der Waals surface area contributed by atoms with Crippen LogP contribution in [0, 0.1) is 0 Å². The Balaban J connectivity index is -0.0000000200. The predicted octanol–water partition coefficient (Wildman–Crippen LogP) is -1.12. The van der Waals surface area contributed by atoms with E-state index < -0.39 is 0 Å². The van der Waals surface area contributed by atoms with Gasteiger partial charge < -0.3 is 0 Å². The van der Waals surface area contributed by atoms with Crippen molar-refractivity contribution in [2.45, 2.75) is 0 Å². The molecule has 41 valence electrons. The van der Waals surface area contributed by atoms with Crippen LogP contribution in [0.1, 0.15) is 0 Å². The standard InChI is InChI=1S/Co.Fe.Ni.2H2O/h;;;2*1H2/q;;+2;;/p-2. The summed E-state index contributed by atoms with van der Waals surface area (Å²) in [5, 5.41) is 0. The summed E-state index contributed by atoms with van der Waals surface area (Å²) in [6.07, 6.45) is 0. The van der Waals surface area contributed by atoms with Gasteiger partial charge in [-0.15, -0.1) is 0 Å². The molecule has 5 heteroatoms. The Kier molecular flexibility index (Phi) is 58.0. The molecule has 0 aliphatic carbocycles. The molecule has 2 N–H and O–H groups in total. The van der Waals surface area contributed by atoms with Crippen LogP contribution in [0.15, 0.2) is 0 Å². The number of hydrogen-bond donors (Lipinski definition) is 2. The molecule has 0 aliphatic heterocycles. The van der Waals surface area contributed by atoms with Crippen molar-refractivity contribution in [3.8, 4) is 0 Å². The van der Waals surface area contributed by atoms with Crippen molar-refractivity contribution < 1.29 is 57.4 Å². The van der Waals surface area contributed by atoms with Crippen LogP contribution in [0.2, 0.25) is 0 Å². The Bertz CT molecular complexity index is 9.61. The maximum absolute atomic E-state index is 7.06. The van der Waals surface area contributed by atoms with Crippen molar-refractivity contribution in [1.29, 1.82) is 0 Å². The molecule has 0 saturated heterocycles. The van der Waals surface area contributed by atoms with Crippen LogP contribution >= 0.6 is 0 Å². The molecular formula is H2CoFeNiO2. The van der Waals surface area contributed by atoms with E-state index in [1.807, 2.05) is 0 Å². The third-order valence-electron chi connectivity index (χ3n) is 0. The second-order valence-corrected chi connectivity index (χ2v) is 0.261. The molecule has 0 aromatic heterocycles. The summed E-state index contributed by atoms with van der Waals surface area (Å²) >= 11 is -0.375. The van der Waals surface area contributed by atoms with Gasteiger partial charge in [-0.2, -0.15) is 0 Å². The first-order valence-corrected chi connectivity index (χ1v) is 1.17. The van der Waals surface area contributed by atoms with Crippen LogP contribution in [0.4, 0.5) is 0 Å². The molecule has 0 aromatic carbocycles. The van der Waals surface area contributed by atoms with Crippen molar-refractivity contribution >= 4 is 0 Å². The van der Waals surface area contributed by atoms with E-state index in [1.54, 1.807) is 0 Å². The minimum absolute atomic E-state index is 0. The summed E-state index contributed by atoms with van der Waals surface area (Å²) < 4.78 is 14.1. The molecule has 0 rings (SSSR count). The first kappa shape index (κ1) is 16.1. The fourth-order valence-corrected chi connectivity index (χ4v) is 0. The fraction of sp³-hybridized carbons (Fsp3) is 0. The average Bonchev–Trinajstić information content (AvgIpc) is 0.918. The van der Waals surface area contributed by atoms with Gasteiger partial charge in [-0.1, -0.05) is 0 Å². The molecule has 0 bridgehead atoms. The topological polar surface area (TPSA) is 40.5 Å². The number of rotatable bonds is 0. The summed E-state index contributed by atoms with van der Waals surface area (Å²) in [5.41, 5.74) is 0. The van der Waals surface area contributed by atoms with Gasteiger partial charge in [0.15, 0.2) is 0 Å². The normalized spacial score (nSPS) is 4.40. The molecule has 5 heavy (non-hydrogen) atoms. The Labute approximate surface area is 57.4 Å². The van der Waals surface area contributed by atoms with Crippen molar-refractivity contribution in [2.24, 2.45) is 0 Å². The molecular weight excluding hydrogens is 205 g/mol. The number of hydrogen-bond acceptors (Lipinski definition) is 2. The average molecular weight is 207 g/mol. The van der Waals surface area contributed by atoms with Gasteiger partial charge in [0, 0.05) is 33.8 Å². The molecule has 0 saturated carbocycles. The van der Waals surface area contributed by atoms with Gasteiger partial charge in [0.05, 0.1) is 0 Å². The fourth-order valence-electron chi connectivity index (χ4n) is 0. The van der Waals surface area contributed by atoms with E-state index in [9.17, 15) is 0 Å². The van der Waals surface area contributed by atoms with Crippen molar-refractivity contribution in [2.75, 3.05) is 0 Å². The Morgan fingerprint density at radius 1 is 1.20 bits per heavy atom. The van der Waals surface area contributed by atoms with Gasteiger partial charge in [-0.3, -0.25) is 0 Å². The quantitative estimate of drug-likeness (QED) is 0.494. The first-order valence-electron chi connectivity index (χ1n) is 0.283. The summed E-state index contributed by atoms with van der Waals surface area (Å²) in [5.74, 6) is 0. The Hall–Kier alpha value is 1.44. The van der Waals surface area contributed by atoms with Crippen molar-refractivity contribution in [1.82, 2.24) is 0 Å². The van der Waals surface area contributed by atoms with E-state index >= 15 is 0 Å². The van der Waals surface area contributed by atoms with Gasteiger partial charge in [0.2, 0.25) is 0 Å². The van der Waals surface area contributed by atoms with Gasteiger partial charge in [-0.25, -0.2) is 0 Å². The van der Waals surface area contributed by atoms with Crippen LogP contribution in [0.25, 0.3) is 0 Å². The summed E-state index contributed by atoms with van der Waals surface area (Å²) in [6, 6.07) is 0. The van der Waals surface area contributed by atoms with Crippen LogP contribution < -0.4 is 0 Å². The second-order valence-electron chi connectivity index (χ2n) is 0.0632. The minimum atomic E-state index is -0.375. The summed E-state index contributed by atoms with van der Waals surface area (Å²) in [4.78, 5) is 0. The molecule has 0 aliphatic rings. The molecule has 0 heterocycles. The molecule has 2 nitrogen and oxygen atoms in total. The third-order valence-corrected chi connectivity index (χ3v) is 0. The molecule has 0 spiro atoms. The molecule has 0 atom stereocenters. The zero-order chi connectivity index (χ0) is 2.71. The van der Waals surface area contributed by atoms with Gasteiger partial charge in [0.25, 0.3) is 0 Å². The first-order chi connectivity index (χ1) is 1.41. The van der Waals surface area contributed by atoms with Crippen LogP contribution in [0.5, 0.6) is 0 Å². The molecule has 0 unspecified atom stereocenters. The molecule has 0 aromatic rings. The summed E-state index contributed by atoms with van der Waals surface area (Å²) in [6.45, 7) is 0. The zero-order valence-electron chi connectivity index (χ0n) is 1.90. The van der Waals surface area contributed by atoms with Crippen LogP contribution in [0.3, 0.4) is 0 Å². The van der Waals surface area contributed by atoms with Crippen molar-refractivity contribution in [3.63, 3.8) is 0 Å². The Morgan fingerprint density at radius 2 is 1.20 bits per heavy atom. The van der Waals surface area contributed by atoms with E-state index in [0.717, 1.165) is 0 Å². The van der Waals surface area contributed by atoms with Crippen LogP contribution in [-0.2, 0) is 48.9 Å². The van der Waals surface area contributed by atoms with E-state index in [1.165, 1.54) is 0 Å². The Morgan fingerprint density at radius 3 is 1.20 bits per heavy atom. The third kappa shape index (κ3) is 31.1. The van der Waals surface area contributed by atoms with E-state index in [4.69, 9.17) is 8.50 Å². The van der Waals surface area contributed by atoms with E-state index in [0.29, 0.717) is 0 Å². The molecule has 1 radical (unpaired) electrons. The van der Waals surface area contributed by atoms with E-state index in [2.05, 4.69) is 0 Å². The van der Waals surface area contributed by atoms with Gasteiger partial charge in [0.1, 0.15) is 0 Å². The maximum atomic E-state index is 7.06. The monoisotopic (exact) mass is 207 g/mol. The SMILES string of the molecule is [Co].[Fe].[OH][Ni][OH]. The second kappa shape index (κ2) is 18.0.